The highest BCUT2D eigenvalue weighted by Gasteiger charge is 2.17. The average Bonchev–Trinajstić information content (AvgIpc) is 2.59. The van der Waals surface area contributed by atoms with Crippen molar-refractivity contribution in [1.29, 1.82) is 0 Å². The van der Waals surface area contributed by atoms with Gasteiger partial charge in [0, 0.05) is 25.2 Å². The smallest absolute Gasteiger partial charge is 0.0608 e. The van der Waals surface area contributed by atoms with Crippen LogP contribution in [-0.2, 0) is 13.1 Å². The minimum absolute atomic E-state index is 0.466. The molecule has 0 aromatic carbocycles. The zero-order chi connectivity index (χ0) is 10.7. The Labute approximate surface area is 91.3 Å². The van der Waals surface area contributed by atoms with Crippen molar-refractivity contribution in [3.05, 3.63) is 29.6 Å². The van der Waals surface area contributed by atoms with Gasteiger partial charge in [-0.25, -0.2) is 0 Å². The standard InChI is InChI=1S/C13H16N2/c1-11(2)5-4-8-15-9-12-6-3-7-14-13(12)10-15/h3,6-7,11H,8-10H2,1-2H3. The second kappa shape index (κ2) is 4.46. The summed E-state index contributed by atoms with van der Waals surface area (Å²) in [5.41, 5.74) is 2.56. The molecule has 0 unspecified atom stereocenters. The Morgan fingerprint density at radius 3 is 3.07 bits per heavy atom. The van der Waals surface area contributed by atoms with Crippen LogP contribution in [0.3, 0.4) is 0 Å². The van der Waals surface area contributed by atoms with E-state index >= 15 is 0 Å². The second-order valence-electron chi connectivity index (χ2n) is 4.23. The van der Waals surface area contributed by atoms with E-state index in [1.807, 2.05) is 12.3 Å². The van der Waals surface area contributed by atoms with E-state index in [0.717, 1.165) is 19.6 Å². The average molecular weight is 200 g/mol. The predicted molar refractivity (Wildman–Crippen MR) is 61.0 cm³/mol. The quantitative estimate of drug-likeness (QED) is 0.645. The number of rotatable bonds is 1. The van der Waals surface area contributed by atoms with Gasteiger partial charge in [0.15, 0.2) is 0 Å². The van der Waals surface area contributed by atoms with Crippen LogP contribution in [0.4, 0.5) is 0 Å². The minimum atomic E-state index is 0.466. The third kappa shape index (κ3) is 2.57. The summed E-state index contributed by atoms with van der Waals surface area (Å²) >= 11 is 0. The Balaban J connectivity index is 1.94. The molecule has 2 heteroatoms. The topological polar surface area (TPSA) is 16.1 Å². The van der Waals surface area contributed by atoms with Crippen LogP contribution < -0.4 is 0 Å². The maximum Gasteiger partial charge on any atom is 0.0608 e. The summed E-state index contributed by atoms with van der Waals surface area (Å²) < 4.78 is 0. The number of hydrogen-bond donors (Lipinski definition) is 0. The van der Waals surface area contributed by atoms with Crippen molar-refractivity contribution in [3.63, 3.8) is 0 Å². The summed E-state index contributed by atoms with van der Waals surface area (Å²) in [5, 5.41) is 0. The van der Waals surface area contributed by atoms with Gasteiger partial charge in [0.2, 0.25) is 0 Å². The van der Waals surface area contributed by atoms with Crippen LogP contribution in [0.1, 0.15) is 25.1 Å². The molecule has 2 nitrogen and oxygen atoms in total. The monoisotopic (exact) mass is 200 g/mol. The maximum absolute atomic E-state index is 4.36. The van der Waals surface area contributed by atoms with Gasteiger partial charge in [0.1, 0.15) is 0 Å². The highest BCUT2D eigenvalue weighted by Crippen LogP contribution is 2.18. The van der Waals surface area contributed by atoms with E-state index in [-0.39, 0.29) is 0 Å². The van der Waals surface area contributed by atoms with E-state index in [1.165, 1.54) is 11.3 Å². The first kappa shape index (κ1) is 10.2. The first-order valence-electron chi connectivity index (χ1n) is 5.39. The molecule has 0 bridgehead atoms. The number of pyridine rings is 1. The zero-order valence-corrected chi connectivity index (χ0v) is 9.33. The number of aromatic nitrogens is 1. The maximum atomic E-state index is 4.36. The fourth-order valence-corrected chi connectivity index (χ4v) is 1.74. The van der Waals surface area contributed by atoms with Crippen LogP contribution >= 0.6 is 0 Å². The van der Waals surface area contributed by atoms with E-state index in [1.54, 1.807) is 0 Å². The lowest BCUT2D eigenvalue weighted by atomic mass is 10.2. The second-order valence-corrected chi connectivity index (χ2v) is 4.23. The fraction of sp³-hybridized carbons (Fsp3) is 0.462. The van der Waals surface area contributed by atoms with E-state index in [9.17, 15) is 0 Å². The minimum Gasteiger partial charge on any atom is -0.282 e. The molecule has 0 atom stereocenters. The summed E-state index contributed by atoms with van der Waals surface area (Å²) in [6.07, 6.45) is 1.86. The Kier molecular flexibility index (Phi) is 3.03. The van der Waals surface area contributed by atoms with Crippen LogP contribution in [-0.4, -0.2) is 16.4 Å². The summed E-state index contributed by atoms with van der Waals surface area (Å²) in [6.45, 7) is 7.04. The molecule has 0 fully saturated rings. The Morgan fingerprint density at radius 1 is 1.47 bits per heavy atom. The molecular formula is C13H16N2. The molecule has 1 aromatic rings. The van der Waals surface area contributed by atoms with Gasteiger partial charge >= 0.3 is 0 Å². The van der Waals surface area contributed by atoms with Gasteiger partial charge in [-0.05, 0) is 11.6 Å². The van der Waals surface area contributed by atoms with Gasteiger partial charge in [-0.3, -0.25) is 9.88 Å². The normalized spacial score (nSPS) is 14.9. The molecule has 1 aliphatic heterocycles. The van der Waals surface area contributed by atoms with Gasteiger partial charge in [0.25, 0.3) is 0 Å². The van der Waals surface area contributed by atoms with Crippen LogP contribution in [0.2, 0.25) is 0 Å². The lowest BCUT2D eigenvalue weighted by molar-refractivity contribution is 0.320. The molecule has 15 heavy (non-hydrogen) atoms. The molecule has 0 saturated heterocycles. The molecular weight excluding hydrogens is 184 g/mol. The van der Waals surface area contributed by atoms with Crippen molar-refractivity contribution in [2.75, 3.05) is 6.54 Å². The Hall–Kier alpha value is -1.33. The molecule has 1 aromatic heterocycles. The van der Waals surface area contributed by atoms with Gasteiger partial charge in [-0.2, -0.15) is 0 Å². The molecule has 2 rings (SSSR count). The molecule has 0 spiro atoms. The van der Waals surface area contributed by atoms with E-state index in [0.29, 0.717) is 5.92 Å². The van der Waals surface area contributed by atoms with Crippen molar-refractivity contribution in [3.8, 4) is 11.8 Å². The van der Waals surface area contributed by atoms with Crippen LogP contribution in [0, 0.1) is 17.8 Å². The Morgan fingerprint density at radius 2 is 2.33 bits per heavy atom. The van der Waals surface area contributed by atoms with E-state index in [4.69, 9.17) is 0 Å². The van der Waals surface area contributed by atoms with Gasteiger partial charge in [-0.1, -0.05) is 31.8 Å². The highest BCUT2D eigenvalue weighted by molar-refractivity contribution is 5.24. The summed E-state index contributed by atoms with van der Waals surface area (Å²) in [6, 6.07) is 4.15. The molecule has 0 amide bonds. The Bertz CT molecular complexity index is 373. The van der Waals surface area contributed by atoms with Gasteiger partial charge < -0.3 is 0 Å². The molecule has 78 valence electrons. The largest absolute Gasteiger partial charge is 0.282 e. The molecule has 0 aliphatic carbocycles. The van der Waals surface area contributed by atoms with Crippen molar-refractivity contribution in [2.24, 2.45) is 5.92 Å². The van der Waals surface area contributed by atoms with Crippen molar-refractivity contribution >= 4 is 0 Å². The molecule has 0 radical (unpaired) electrons. The van der Waals surface area contributed by atoms with Crippen LogP contribution in [0.5, 0.6) is 0 Å². The van der Waals surface area contributed by atoms with Crippen molar-refractivity contribution in [2.45, 2.75) is 26.9 Å². The van der Waals surface area contributed by atoms with Crippen molar-refractivity contribution < 1.29 is 0 Å². The molecule has 0 N–H and O–H groups in total. The summed E-state index contributed by atoms with van der Waals surface area (Å²) in [4.78, 5) is 6.69. The van der Waals surface area contributed by atoms with E-state index < -0.39 is 0 Å². The van der Waals surface area contributed by atoms with Gasteiger partial charge in [-0.15, -0.1) is 0 Å². The number of hydrogen-bond acceptors (Lipinski definition) is 2. The molecule has 0 saturated carbocycles. The first-order valence-corrected chi connectivity index (χ1v) is 5.39. The lowest BCUT2D eigenvalue weighted by Crippen LogP contribution is -2.16. The molecule has 1 aliphatic rings. The van der Waals surface area contributed by atoms with Crippen LogP contribution in [0.25, 0.3) is 0 Å². The summed E-state index contributed by atoms with van der Waals surface area (Å²) in [5.74, 6) is 6.86. The number of nitrogens with zero attached hydrogens (tertiary/aromatic N) is 2. The summed E-state index contributed by atoms with van der Waals surface area (Å²) in [7, 11) is 0. The third-order valence-electron chi connectivity index (χ3n) is 2.45. The predicted octanol–water partition coefficient (Wildman–Crippen LogP) is 2.06. The SMILES string of the molecule is CC(C)C#CCN1Cc2cccnc2C1. The van der Waals surface area contributed by atoms with Crippen LogP contribution in [0.15, 0.2) is 18.3 Å². The number of fused-ring (bicyclic) bond motifs is 1. The molecule has 2 heterocycles. The fourth-order valence-electron chi connectivity index (χ4n) is 1.74. The first-order chi connectivity index (χ1) is 7.25. The zero-order valence-electron chi connectivity index (χ0n) is 9.33. The van der Waals surface area contributed by atoms with E-state index in [2.05, 4.69) is 41.6 Å². The third-order valence-corrected chi connectivity index (χ3v) is 2.45. The van der Waals surface area contributed by atoms with Crippen molar-refractivity contribution in [1.82, 2.24) is 9.88 Å². The highest BCUT2D eigenvalue weighted by atomic mass is 15.1. The van der Waals surface area contributed by atoms with Gasteiger partial charge in [0.05, 0.1) is 12.2 Å². The lowest BCUT2D eigenvalue weighted by Gasteiger charge is -2.08.